The first-order chi connectivity index (χ1) is 13.8. The molecule has 2 heterocycles. The summed E-state index contributed by atoms with van der Waals surface area (Å²) < 4.78 is 44.0. The number of hydrogen-bond donors (Lipinski definition) is 0. The smallest absolute Gasteiger partial charge is 0.443 e. The van der Waals surface area contributed by atoms with Gasteiger partial charge in [0.1, 0.15) is 11.9 Å². The highest BCUT2D eigenvalue weighted by Gasteiger charge is 2.43. The second-order valence-corrected chi connectivity index (χ2v) is 8.89. The summed E-state index contributed by atoms with van der Waals surface area (Å²) in [6.07, 6.45) is -1.37. The number of ether oxygens (including phenoxy) is 1. The Kier molecular flexibility index (Phi) is 7.35. The van der Waals surface area contributed by atoms with Gasteiger partial charge in [-0.2, -0.15) is 13.2 Å². The summed E-state index contributed by atoms with van der Waals surface area (Å²) in [5.41, 5.74) is 0.0748. The van der Waals surface area contributed by atoms with Crippen molar-refractivity contribution >= 4 is 35.0 Å². The number of rotatable bonds is 3. The van der Waals surface area contributed by atoms with Crippen LogP contribution in [0.4, 0.5) is 18.0 Å². The maximum absolute atomic E-state index is 12.5. The van der Waals surface area contributed by atoms with Crippen molar-refractivity contribution in [3.63, 3.8) is 0 Å². The van der Waals surface area contributed by atoms with Gasteiger partial charge in [0, 0.05) is 18.7 Å². The van der Waals surface area contributed by atoms with E-state index in [0.29, 0.717) is 11.3 Å². The molecule has 0 aliphatic carbocycles. The van der Waals surface area contributed by atoms with Crippen LogP contribution >= 0.6 is 11.8 Å². The monoisotopic (exact) mass is 449 g/mol. The van der Waals surface area contributed by atoms with Crippen molar-refractivity contribution in [2.75, 3.05) is 13.1 Å². The van der Waals surface area contributed by atoms with Gasteiger partial charge in [0.25, 0.3) is 0 Å². The largest absolute Gasteiger partial charge is 0.492 e. The number of hydrogen-bond acceptors (Lipinski definition) is 8. The van der Waals surface area contributed by atoms with Gasteiger partial charge in [-0.15, -0.1) is 5.06 Å². The number of halogens is 3. The van der Waals surface area contributed by atoms with Gasteiger partial charge in [-0.1, -0.05) is 11.8 Å². The number of imidazole rings is 1. The maximum atomic E-state index is 12.5. The van der Waals surface area contributed by atoms with Gasteiger partial charge in [0.05, 0.1) is 18.4 Å². The minimum absolute atomic E-state index is 0.0232. The molecule has 8 nitrogen and oxygen atoms in total. The van der Waals surface area contributed by atoms with Crippen molar-refractivity contribution in [1.82, 2.24) is 14.6 Å². The summed E-state index contributed by atoms with van der Waals surface area (Å²) in [5, 5.41) is 0.352. The van der Waals surface area contributed by atoms with Gasteiger partial charge < -0.3 is 9.57 Å². The molecule has 12 heteroatoms. The first kappa shape index (κ1) is 23.9. The molecule has 30 heavy (non-hydrogen) atoms. The van der Waals surface area contributed by atoms with Crippen molar-refractivity contribution in [2.24, 2.45) is 0 Å². The zero-order valence-corrected chi connectivity index (χ0v) is 17.7. The van der Waals surface area contributed by atoms with E-state index in [1.807, 2.05) is 0 Å². The fraction of sp³-hybridized carbons (Fsp3) is 0.556. The molecule has 1 atom stereocenters. The van der Waals surface area contributed by atoms with Crippen LogP contribution in [0.1, 0.15) is 39.8 Å². The molecular weight excluding hydrogens is 427 g/mol. The molecular formula is C18H22F3N3O5S. The lowest BCUT2D eigenvalue weighted by molar-refractivity contribution is -0.238. The third-order valence-corrected chi connectivity index (χ3v) is 4.91. The Morgan fingerprint density at radius 2 is 1.93 bits per heavy atom. The molecule has 0 amide bonds. The second kappa shape index (κ2) is 9.21. The molecule has 0 spiro atoms. The fourth-order valence-electron chi connectivity index (χ4n) is 2.62. The number of thioether (sulfide) groups is 1. The Labute approximate surface area is 175 Å². The second-order valence-electron chi connectivity index (χ2n) is 7.51. The number of carbonyl (C=O) groups excluding carboxylic acids is 3. The quantitative estimate of drug-likeness (QED) is 0.693. The molecule has 0 aromatic carbocycles. The average molecular weight is 449 g/mol. The van der Waals surface area contributed by atoms with Crippen LogP contribution in [0.2, 0.25) is 0 Å². The molecule has 1 aromatic heterocycles. The summed E-state index contributed by atoms with van der Waals surface area (Å²) in [7, 11) is 0. The fourth-order valence-corrected chi connectivity index (χ4v) is 3.54. The Hall–Kier alpha value is -2.34. The van der Waals surface area contributed by atoms with Crippen LogP contribution in [0.5, 0.6) is 0 Å². The molecule has 0 bridgehead atoms. The average Bonchev–Trinajstić information content (AvgIpc) is 3.02. The molecule has 0 saturated carbocycles. The van der Waals surface area contributed by atoms with Gasteiger partial charge in [0.2, 0.25) is 0 Å². The van der Waals surface area contributed by atoms with Crippen LogP contribution < -0.4 is 0 Å². The Morgan fingerprint density at radius 3 is 2.50 bits per heavy atom. The normalized spacial score (nSPS) is 19.6. The van der Waals surface area contributed by atoms with Crippen LogP contribution in [0, 0.1) is 0 Å². The highest BCUT2D eigenvalue weighted by atomic mass is 32.2. The van der Waals surface area contributed by atoms with Gasteiger partial charge in [-0.25, -0.2) is 19.1 Å². The number of hydroxylamine groups is 2. The highest BCUT2D eigenvalue weighted by Crippen LogP contribution is 2.31. The highest BCUT2D eigenvalue weighted by molar-refractivity contribution is 8.14. The predicted octanol–water partition coefficient (Wildman–Crippen LogP) is 3.42. The van der Waals surface area contributed by atoms with Gasteiger partial charge in [-0.3, -0.25) is 4.79 Å². The number of nitrogens with zero attached hydrogens (tertiary/aromatic N) is 3. The van der Waals surface area contributed by atoms with E-state index >= 15 is 0 Å². The topological polar surface area (TPSA) is 90.7 Å². The van der Waals surface area contributed by atoms with Crippen molar-refractivity contribution in [1.29, 1.82) is 0 Å². The van der Waals surface area contributed by atoms with Crippen LogP contribution in [0.15, 0.2) is 18.1 Å². The van der Waals surface area contributed by atoms with Crippen LogP contribution in [-0.2, 0) is 19.2 Å². The van der Waals surface area contributed by atoms with E-state index in [9.17, 15) is 27.6 Å². The molecule has 1 aliphatic rings. The van der Waals surface area contributed by atoms with Crippen molar-refractivity contribution < 1.29 is 37.1 Å². The Bertz CT molecular complexity index is 845. The number of piperidine rings is 1. The molecule has 1 aromatic rings. The number of carbonyl (C=O) groups is 3. The summed E-state index contributed by atoms with van der Waals surface area (Å²) in [5.74, 6) is -2.32. The van der Waals surface area contributed by atoms with Gasteiger partial charge in [0.15, 0.2) is 5.12 Å². The molecule has 166 valence electrons. The molecule has 1 aliphatic heterocycles. The molecule has 0 radical (unpaired) electrons. The van der Waals surface area contributed by atoms with E-state index in [2.05, 4.69) is 9.82 Å². The minimum Gasteiger partial charge on any atom is -0.443 e. The molecule has 0 N–H and O–H groups in total. The van der Waals surface area contributed by atoms with Gasteiger partial charge >= 0.3 is 18.2 Å². The van der Waals surface area contributed by atoms with E-state index in [-0.39, 0.29) is 29.9 Å². The van der Waals surface area contributed by atoms with E-state index in [0.717, 1.165) is 21.4 Å². The van der Waals surface area contributed by atoms with Crippen molar-refractivity contribution in [2.45, 2.75) is 51.1 Å². The molecule has 1 saturated heterocycles. The van der Waals surface area contributed by atoms with Crippen LogP contribution in [-0.4, -0.2) is 61.9 Å². The lowest BCUT2D eigenvalue weighted by Gasteiger charge is -2.32. The summed E-state index contributed by atoms with van der Waals surface area (Å²) >= 11 is 1.01. The summed E-state index contributed by atoms with van der Waals surface area (Å²) in [4.78, 5) is 43.4. The zero-order valence-electron chi connectivity index (χ0n) is 16.9. The standard InChI is InChI=1S/C18H22F3N3O5S/c1-11(25)30-14-5-6-23(29-15(26)18(19,20)21)9-12(14)7-13-8-22-10-24(13)16(27)28-17(2,3)4/h7-8,10,14H,5-6,9H2,1-4H3/b12-7+. The molecule has 1 fully saturated rings. The third kappa shape index (κ3) is 6.87. The molecule has 1 unspecified atom stereocenters. The Morgan fingerprint density at radius 1 is 1.27 bits per heavy atom. The van der Waals surface area contributed by atoms with Crippen molar-refractivity contribution in [3.05, 3.63) is 23.8 Å². The van der Waals surface area contributed by atoms with E-state index in [4.69, 9.17) is 4.74 Å². The summed E-state index contributed by atoms with van der Waals surface area (Å²) in [6.45, 7) is 6.35. The van der Waals surface area contributed by atoms with Crippen molar-refractivity contribution in [3.8, 4) is 0 Å². The first-order valence-corrected chi connectivity index (χ1v) is 9.81. The Balaban J connectivity index is 2.28. The van der Waals surface area contributed by atoms with E-state index < -0.39 is 23.8 Å². The lowest BCUT2D eigenvalue weighted by atomic mass is 10.0. The van der Waals surface area contributed by atoms with E-state index in [1.54, 1.807) is 20.8 Å². The third-order valence-electron chi connectivity index (χ3n) is 3.76. The number of alkyl halides is 3. The maximum Gasteiger partial charge on any atom is 0.492 e. The SMILES string of the molecule is CC(=O)SC1CCN(OC(=O)C(F)(F)F)C/C1=C\c1cncn1C(=O)OC(C)(C)C. The summed E-state index contributed by atoms with van der Waals surface area (Å²) in [6, 6.07) is 0. The van der Waals surface area contributed by atoms with Crippen LogP contribution in [0.3, 0.4) is 0 Å². The number of aromatic nitrogens is 2. The van der Waals surface area contributed by atoms with Crippen LogP contribution in [0.25, 0.3) is 6.08 Å². The van der Waals surface area contributed by atoms with E-state index in [1.165, 1.54) is 25.5 Å². The molecule has 2 rings (SSSR count). The predicted molar refractivity (Wildman–Crippen MR) is 102 cm³/mol. The first-order valence-electron chi connectivity index (χ1n) is 8.93. The minimum atomic E-state index is -5.12. The van der Waals surface area contributed by atoms with Gasteiger partial charge in [-0.05, 0) is 38.8 Å². The zero-order chi connectivity index (χ0) is 22.7. The lowest BCUT2D eigenvalue weighted by Crippen LogP contribution is -2.41.